The SMILES string of the molecule is CNC(=O)c1cc(F)cc(B(O)O)c1. The second-order valence-corrected chi connectivity index (χ2v) is 2.73. The topological polar surface area (TPSA) is 69.6 Å². The molecule has 0 bridgehead atoms. The maximum absolute atomic E-state index is 12.9. The highest BCUT2D eigenvalue weighted by atomic mass is 19.1. The number of amides is 1. The Balaban J connectivity index is 3.13. The summed E-state index contributed by atoms with van der Waals surface area (Å²) in [6.07, 6.45) is 0. The fourth-order valence-corrected chi connectivity index (χ4v) is 1.04. The van der Waals surface area contributed by atoms with Crippen LogP contribution in [-0.4, -0.2) is 30.1 Å². The number of halogens is 1. The second kappa shape index (κ2) is 4.21. The molecule has 0 saturated heterocycles. The van der Waals surface area contributed by atoms with Crippen LogP contribution in [0.4, 0.5) is 4.39 Å². The van der Waals surface area contributed by atoms with E-state index in [1.54, 1.807) is 0 Å². The third-order valence-electron chi connectivity index (χ3n) is 1.71. The van der Waals surface area contributed by atoms with Crippen LogP contribution >= 0.6 is 0 Å². The highest BCUT2D eigenvalue weighted by Crippen LogP contribution is 2.02. The van der Waals surface area contributed by atoms with Crippen LogP contribution in [0.5, 0.6) is 0 Å². The summed E-state index contributed by atoms with van der Waals surface area (Å²) in [6.45, 7) is 0. The molecule has 3 N–H and O–H groups in total. The largest absolute Gasteiger partial charge is 0.488 e. The van der Waals surface area contributed by atoms with Gasteiger partial charge in [0.25, 0.3) is 5.91 Å². The predicted octanol–water partition coefficient (Wildman–Crippen LogP) is -1.13. The van der Waals surface area contributed by atoms with Crippen molar-refractivity contribution in [3.05, 3.63) is 29.6 Å². The second-order valence-electron chi connectivity index (χ2n) is 2.73. The van der Waals surface area contributed by atoms with Gasteiger partial charge >= 0.3 is 7.12 Å². The smallest absolute Gasteiger partial charge is 0.423 e. The molecule has 0 fully saturated rings. The minimum Gasteiger partial charge on any atom is -0.423 e. The minimum absolute atomic E-state index is 0.0515. The Hall–Kier alpha value is -1.40. The highest BCUT2D eigenvalue weighted by molar-refractivity contribution is 6.58. The monoisotopic (exact) mass is 197 g/mol. The van der Waals surface area contributed by atoms with E-state index in [-0.39, 0.29) is 11.0 Å². The molecule has 0 radical (unpaired) electrons. The predicted molar refractivity (Wildman–Crippen MR) is 49.6 cm³/mol. The molecule has 1 rings (SSSR count). The summed E-state index contributed by atoms with van der Waals surface area (Å²) in [6, 6.07) is 3.19. The van der Waals surface area contributed by atoms with Crippen LogP contribution in [0.15, 0.2) is 18.2 Å². The number of carbonyl (C=O) groups excluding carboxylic acids is 1. The zero-order valence-electron chi connectivity index (χ0n) is 7.49. The van der Waals surface area contributed by atoms with Gasteiger partial charge in [-0.3, -0.25) is 4.79 Å². The summed E-state index contributed by atoms with van der Waals surface area (Å²) >= 11 is 0. The van der Waals surface area contributed by atoms with Gasteiger partial charge in [0.2, 0.25) is 0 Å². The van der Waals surface area contributed by atoms with Gasteiger partial charge < -0.3 is 15.4 Å². The summed E-state index contributed by atoms with van der Waals surface area (Å²) in [4.78, 5) is 11.1. The van der Waals surface area contributed by atoms with Crippen molar-refractivity contribution < 1.29 is 19.2 Å². The summed E-state index contributed by atoms with van der Waals surface area (Å²) in [5, 5.41) is 19.9. The molecule has 0 aliphatic carbocycles. The molecule has 0 unspecified atom stereocenters. The molecule has 0 spiro atoms. The third-order valence-corrected chi connectivity index (χ3v) is 1.71. The lowest BCUT2D eigenvalue weighted by molar-refractivity contribution is 0.0962. The van der Waals surface area contributed by atoms with Crippen LogP contribution in [0.1, 0.15) is 10.4 Å². The Labute approximate surface area is 80.5 Å². The van der Waals surface area contributed by atoms with E-state index >= 15 is 0 Å². The molecular weight excluding hydrogens is 188 g/mol. The number of hydrogen-bond donors (Lipinski definition) is 3. The van der Waals surface area contributed by atoms with Crippen LogP contribution in [0, 0.1) is 5.82 Å². The summed E-state index contributed by atoms with van der Waals surface area (Å²) in [7, 11) is -0.378. The molecule has 0 aliphatic rings. The van der Waals surface area contributed by atoms with Crippen LogP contribution in [0.2, 0.25) is 0 Å². The summed E-state index contributed by atoms with van der Waals surface area (Å²) < 4.78 is 12.9. The minimum atomic E-state index is -1.78. The Morgan fingerprint density at radius 2 is 2.07 bits per heavy atom. The van der Waals surface area contributed by atoms with Gasteiger partial charge in [0.15, 0.2) is 0 Å². The first-order chi connectivity index (χ1) is 6.54. The van der Waals surface area contributed by atoms with Gasteiger partial charge in [-0.25, -0.2) is 4.39 Å². The summed E-state index contributed by atoms with van der Waals surface area (Å²) in [5.74, 6) is -1.17. The van der Waals surface area contributed by atoms with Crippen molar-refractivity contribution in [2.24, 2.45) is 0 Å². The van der Waals surface area contributed by atoms with Gasteiger partial charge in [0, 0.05) is 12.6 Å². The maximum Gasteiger partial charge on any atom is 0.488 e. The van der Waals surface area contributed by atoms with Crippen molar-refractivity contribution in [3.63, 3.8) is 0 Å². The number of rotatable bonds is 2. The molecular formula is C8H9BFNO3. The highest BCUT2D eigenvalue weighted by Gasteiger charge is 2.15. The van der Waals surface area contributed by atoms with E-state index in [0.29, 0.717) is 0 Å². The number of hydrogen-bond acceptors (Lipinski definition) is 3. The molecule has 0 saturated carbocycles. The van der Waals surface area contributed by atoms with E-state index in [9.17, 15) is 9.18 Å². The van der Waals surface area contributed by atoms with E-state index in [4.69, 9.17) is 10.0 Å². The van der Waals surface area contributed by atoms with Gasteiger partial charge in [-0.1, -0.05) is 0 Å². The first kappa shape index (κ1) is 10.7. The first-order valence-corrected chi connectivity index (χ1v) is 3.93. The van der Waals surface area contributed by atoms with Crippen LogP contribution in [0.25, 0.3) is 0 Å². The lowest BCUT2D eigenvalue weighted by Gasteiger charge is -2.04. The van der Waals surface area contributed by atoms with Crippen molar-refractivity contribution in [2.75, 3.05) is 7.05 Å². The molecule has 0 atom stereocenters. The zero-order valence-corrected chi connectivity index (χ0v) is 7.49. The maximum atomic E-state index is 12.9. The van der Waals surface area contributed by atoms with E-state index < -0.39 is 18.8 Å². The van der Waals surface area contributed by atoms with Crippen molar-refractivity contribution in [2.45, 2.75) is 0 Å². The molecule has 0 heterocycles. The Morgan fingerprint density at radius 1 is 1.43 bits per heavy atom. The van der Waals surface area contributed by atoms with Crippen molar-refractivity contribution in [3.8, 4) is 0 Å². The van der Waals surface area contributed by atoms with Gasteiger partial charge in [-0.15, -0.1) is 0 Å². The van der Waals surface area contributed by atoms with Gasteiger partial charge in [-0.2, -0.15) is 0 Å². The van der Waals surface area contributed by atoms with E-state index in [2.05, 4.69) is 5.32 Å². The average molecular weight is 197 g/mol. The van der Waals surface area contributed by atoms with Crippen LogP contribution in [-0.2, 0) is 0 Å². The lowest BCUT2D eigenvalue weighted by atomic mass is 9.79. The Morgan fingerprint density at radius 3 is 2.57 bits per heavy atom. The van der Waals surface area contributed by atoms with Crippen molar-refractivity contribution in [1.82, 2.24) is 5.32 Å². The zero-order chi connectivity index (χ0) is 10.7. The standard InChI is InChI=1S/C8H9BFNO3/c1-11-8(12)5-2-6(9(13)14)4-7(10)3-5/h2-4,13-14H,1H3,(H,11,12). The molecule has 0 aliphatic heterocycles. The third kappa shape index (κ3) is 2.30. The molecule has 1 amide bonds. The lowest BCUT2D eigenvalue weighted by Crippen LogP contribution is -2.31. The quantitative estimate of drug-likeness (QED) is 0.525. The normalized spacial score (nSPS) is 9.71. The number of carbonyl (C=O) groups is 1. The average Bonchev–Trinajstić information content (AvgIpc) is 2.15. The molecule has 0 aromatic heterocycles. The molecule has 74 valence electrons. The van der Waals surface area contributed by atoms with Crippen LogP contribution in [0.3, 0.4) is 0 Å². The van der Waals surface area contributed by atoms with Crippen LogP contribution < -0.4 is 10.8 Å². The van der Waals surface area contributed by atoms with Gasteiger partial charge in [0.05, 0.1) is 0 Å². The fourth-order valence-electron chi connectivity index (χ4n) is 1.04. The Bertz CT molecular complexity index is 356. The molecule has 6 heteroatoms. The van der Waals surface area contributed by atoms with Gasteiger partial charge in [0.1, 0.15) is 5.82 Å². The van der Waals surface area contributed by atoms with E-state index in [1.807, 2.05) is 0 Å². The van der Waals surface area contributed by atoms with Crippen molar-refractivity contribution >= 4 is 18.5 Å². The molecule has 1 aromatic rings. The molecule has 4 nitrogen and oxygen atoms in total. The number of nitrogens with one attached hydrogen (secondary N) is 1. The molecule has 1 aromatic carbocycles. The van der Waals surface area contributed by atoms with Gasteiger partial charge in [-0.05, 0) is 23.7 Å². The fraction of sp³-hybridized carbons (Fsp3) is 0.125. The van der Waals surface area contributed by atoms with E-state index in [1.165, 1.54) is 13.1 Å². The summed E-state index contributed by atoms with van der Waals surface area (Å²) in [5.41, 5.74) is -0.000741. The van der Waals surface area contributed by atoms with Crippen molar-refractivity contribution in [1.29, 1.82) is 0 Å². The number of benzene rings is 1. The van der Waals surface area contributed by atoms with E-state index in [0.717, 1.165) is 12.1 Å². The first-order valence-electron chi connectivity index (χ1n) is 3.93. The Kier molecular flexibility index (Phi) is 3.21. The molecule has 14 heavy (non-hydrogen) atoms.